The Kier molecular flexibility index (Phi) is 2.63. The molecule has 0 saturated heterocycles. The Morgan fingerprint density at radius 2 is 2.24 bits per heavy atom. The van der Waals surface area contributed by atoms with Crippen molar-refractivity contribution in [2.45, 2.75) is 38.2 Å². The highest BCUT2D eigenvalue weighted by Crippen LogP contribution is 2.46. The fourth-order valence-electron chi connectivity index (χ4n) is 2.63. The molecule has 3 aromatic rings. The van der Waals surface area contributed by atoms with E-state index in [-0.39, 0.29) is 11.5 Å². The molecular formula is C16H16N2O2S. The quantitative estimate of drug-likeness (QED) is 0.692. The van der Waals surface area contributed by atoms with E-state index in [0.29, 0.717) is 0 Å². The third-order valence-corrected chi connectivity index (χ3v) is 5.00. The van der Waals surface area contributed by atoms with Gasteiger partial charge >= 0.3 is 0 Å². The highest BCUT2D eigenvalue weighted by molar-refractivity contribution is 7.23. The predicted octanol–water partition coefficient (Wildman–Crippen LogP) is 3.57. The van der Waals surface area contributed by atoms with Crippen LogP contribution in [-0.2, 0) is 10.2 Å². The molecule has 4 nitrogen and oxygen atoms in total. The highest BCUT2D eigenvalue weighted by atomic mass is 32.1. The van der Waals surface area contributed by atoms with Gasteiger partial charge in [-0.1, -0.05) is 11.3 Å². The van der Waals surface area contributed by atoms with E-state index in [4.69, 9.17) is 4.74 Å². The van der Waals surface area contributed by atoms with Crippen molar-refractivity contribution in [3.63, 3.8) is 0 Å². The molecule has 0 aliphatic heterocycles. The molecule has 5 heteroatoms. The number of hydrogen-bond donors (Lipinski definition) is 0. The van der Waals surface area contributed by atoms with Crippen LogP contribution < -0.4 is 4.74 Å². The van der Waals surface area contributed by atoms with E-state index in [2.05, 4.69) is 15.5 Å². The van der Waals surface area contributed by atoms with Crippen LogP contribution in [0.2, 0.25) is 0 Å². The number of thiazole rings is 1. The maximum atomic E-state index is 11.3. The Balaban J connectivity index is 1.85. The minimum absolute atomic E-state index is 0.153. The summed E-state index contributed by atoms with van der Waals surface area (Å²) in [6, 6.07) is 6.11. The number of carbonyl (C=O) groups is 1. The molecule has 0 N–H and O–H groups in total. The van der Waals surface area contributed by atoms with Crippen LogP contribution in [0.15, 0.2) is 24.4 Å². The van der Waals surface area contributed by atoms with Crippen LogP contribution in [0.25, 0.3) is 15.2 Å². The zero-order chi connectivity index (χ0) is 14.6. The highest BCUT2D eigenvalue weighted by Gasteiger charge is 2.46. The van der Waals surface area contributed by atoms with E-state index < -0.39 is 0 Å². The van der Waals surface area contributed by atoms with Crippen molar-refractivity contribution in [1.29, 1.82) is 0 Å². The number of aromatic nitrogens is 2. The Hall–Kier alpha value is -1.88. The molecule has 4 rings (SSSR count). The summed E-state index contributed by atoms with van der Waals surface area (Å²) in [7, 11) is 0. The third kappa shape index (κ3) is 1.95. The van der Waals surface area contributed by atoms with Crippen LogP contribution in [-0.4, -0.2) is 21.8 Å². The van der Waals surface area contributed by atoms with E-state index in [0.717, 1.165) is 41.0 Å². The molecule has 0 bridgehead atoms. The van der Waals surface area contributed by atoms with Gasteiger partial charge in [0.25, 0.3) is 0 Å². The lowest BCUT2D eigenvalue weighted by Gasteiger charge is -2.09. The van der Waals surface area contributed by atoms with E-state index in [1.54, 1.807) is 11.3 Å². The SMILES string of the molecule is CC(C)Oc1ccc2sc3nc(C4(C=O)CC4)cn3c2c1. The van der Waals surface area contributed by atoms with Crippen molar-refractivity contribution in [3.8, 4) is 5.75 Å². The van der Waals surface area contributed by atoms with Crippen molar-refractivity contribution in [1.82, 2.24) is 9.38 Å². The summed E-state index contributed by atoms with van der Waals surface area (Å²) in [6.07, 6.45) is 5.05. The number of ether oxygens (including phenoxy) is 1. The van der Waals surface area contributed by atoms with Crippen molar-refractivity contribution >= 4 is 32.8 Å². The topological polar surface area (TPSA) is 43.6 Å². The van der Waals surface area contributed by atoms with E-state index in [9.17, 15) is 4.79 Å². The molecule has 1 fully saturated rings. The lowest BCUT2D eigenvalue weighted by Crippen LogP contribution is -2.07. The minimum Gasteiger partial charge on any atom is -0.491 e. The van der Waals surface area contributed by atoms with Gasteiger partial charge in [-0.3, -0.25) is 4.40 Å². The number of imidazole rings is 1. The normalized spacial score (nSPS) is 16.7. The van der Waals surface area contributed by atoms with Crippen molar-refractivity contribution in [3.05, 3.63) is 30.1 Å². The van der Waals surface area contributed by atoms with Gasteiger partial charge in [-0.2, -0.15) is 0 Å². The fourth-order valence-corrected chi connectivity index (χ4v) is 3.62. The molecular weight excluding hydrogens is 284 g/mol. The maximum Gasteiger partial charge on any atom is 0.194 e. The molecule has 0 spiro atoms. The molecule has 0 unspecified atom stereocenters. The standard InChI is InChI=1S/C16H16N2O2S/c1-10(2)20-11-3-4-13-12(7-11)18-8-14(17-15(18)21-13)16(9-19)5-6-16/h3-4,7-10H,5-6H2,1-2H3. The zero-order valence-electron chi connectivity index (χ0n) is 12.0. The second-order valence-corrected chi connectivity index (χ2v) is 6.96. The number of benzene rings is 1. The average molecular weight is 300 g/mol. The molecule has 108 valence electrons. The first-order chi connectivity index (χ1) is 10.1. The Bertz CT molecular complexity index is 843. The van der Waals surface area contributed by atoms with Gasteiger partial charge in [-0.05, 0) is 38.8 Å². The van der Waals surface area contributed by atoms with Crippen LogP contribution in [0.5, 0.6) is 5.75 Å². The summed E-state index contributed by atoms with van der Waals surface area (Å²) in [6.45, 7) is 4.04. The second kappa shape index (κ2) is 4.31. The van der Waals surface area contributed by atoms with Crippen LogP contribution in [0.4, 0.5) is 0 Å². The first kappa shape index (κ1) is 12.8. The van der Waals surface area contributed by atoms with E-state index >= 15 is 0 Å². The monoisotopic (exact) mass is 300 g/mol. The molecule has 1 aliphatic rings. The summed E-state index contributed by atoms with van der Waals surface area (Å²) >= 11 is 1.64. The Morgan fingerprint density at radius 1 is 1.43 bits per heavy atom. The lowest BCUT2D eigenvalue weighted by molar-refractivity contribution is -0.109. The van der Waals surface area contributed by atoms with E-state index in [1.165, 1.54) is 4.70 Å². The van der Waals surface area contributed by atoms with Gasteiger partial charge < -0.3 is 9.53 Å². The Morgan fingerprint density at radius 3 is 2.90 bits per heavy atom. The third-order valence-electron chi connectivity index (χ3n) is 3.96. The molecule has 1 aromatic carbocycles. The van der Waals surface area contributed by atoms with Gasteiger partial charge in [-0.15, -0.1) is 0 Å². The number of rotatable bonds is 4. The van der Waals surface area contributed by atoms with Crippen LogP contribution in [0.1, 0.15) is 32.4 Å². The lowest BCUT2D eigenvalue weighted by atomic mass is 10.1. The minimum atomic E-state index is -0.315. The van der Waals surface area contributed by atoms with Gasteiger partial charge in [0.05, 0.1) is 27.4 Å². The first-order valence-electron chi connectivity index (χ1n) is 7.16. The molecule has 0 atom stereocenters. The zero-order valence-corrected chi connectivity index (χ0v) is 12.8. The van der Waals surface area contributed by atoms with Gasteiger partial charge in [0.15, 0.2) is 4.96 Å². The molecule has 2 aromatic heterocycles. The second-order valence-electron chi connectivity index (χ2n) is 5.95. The van der Waals surface area contributed by atoms with Gasteiger partial charge in [0.2, 0.25) is 0 Å². The van der Waals surface area contributed by atoms with Gasteiger partial charge in [-0.25, -0.2) is 4.98 Å². The van der Waals surface area contributed by atoms with Crippen LogP contribution in [0, 0.1) is 0 Å². The summed E-state index contributed by atoms with van der Waals surface area (Å²) in [5.74, 6) is 0.865. The Labute approximate surface area is 126 Å². The first-order valence-corrected chi connectivity index (χ1v) is 7.98. The molecule has 0 amide bonds. The number of carbonyl (C=O) groups excluding carboxylic acids is 1. The number of hydrogen-bond acceptors (Lipinski definition) is 4. The maximum absolute atomic E-state index is 11.3. The number of nitrogens with zero attached hydrogens (tertiary/aromatic N) is 2. The summed E-state index contributed by atoms with van der Waals surface area (Å²) in [5.41, 5.74) is 1.68. The average Bonchev–Trinajstić information content (AvgIpc) is 3.02. The van der Waals surface area contributed by atoms with Crippen LogP contribution >= 0.6 is 11.3 Å². The predicted molar refractivity (Wildman–Crippen MR) is 83.3 cm³/mol. The largest absolute Gasteiger partial charge is 0.491 e. The van der Waals surface area contributed by atoms with Gasteiger partial charge in [0, 0.05) is 12.3 Å². The van der Waals surface area contributed by atoms with Crippen LogP contribution in [0.3, 0.4) is 0 Å². The molecule has 1 saturated carbocycles. The molecule has 0 radical (unpaired) electrons. The fraction of sp³-hybridized carbons (Fsp3) is 0.375. The summed E-state index contributed by atoms with van der Waals surface area (Å²) in [4.78, 5) is 16.9. The van der Waals surface area contributed by atoms with Gasteiger partial charge in [0.1, 0.15) is 12.0 Å². The molecule has 1 aliphatic carbocycles. The van der Waals surface area contributed by atoms with Crippen molar-refractivity contribution in [2.75, 3.05) is 0 Å². The van der Waals surface area contributed by atoms with Crippen molar-refractivity contribution in [2.24, 2.45) is 0 Å². The molecule has 2 heterocycles. The number of fused-ring (bicyclic) bond motifs is 3. The molecule has 21 heavy (non-hydrogen) atoms. The summed E-state index contributed by atoms with van der Waals surface area (Å²) < 4.78 is 9.02. The smallest absolute Gasteiger partial charge is 0.194 e. The number of aldehydes is 1. The summed E-state index contributed by atoms with van der Waals surface area (Å²) in [5, 5.41) is 0. The van der Waals surface area contributed by atoms with E-state index in [1.807, 2.05) is 32.2 Å². The van der Waals surface area contributed by atoms with Crippen molar-refractivity contribution < 1.29 is 9.53 Å².